The van der Waals surface area contributed by atoms with Gasteiger partial charge in [0.1, 0.15) is 11.0 Å². The zero-order valence-electron chi connectivity index (χ0n) is 12.4. The van der Waals surface area contributed by atoms with E-state index in [0.717, 1.165) is 5.56 Å². The lowest BCUT2D eigenvalue weighted by molar-refractivity contribution is -0.150. The molecule has 0 unspecified atom stereocenters. The van der Waals surface area contributed by atoms with E-state index in [-0.39, 0.29) is 0 Å². The maximum atomic E-state index is 11.6. The molecule has 7 heteroatoms. The highest BCUT2D eigenvalue weighted by Gasteiger charge is 2.29. The van der Waals surface area contributed by atoms with Gasteiger partial charge in [-0.1, -0.05) is 22.8 Å². The van der Waals surface area contributed by atoms with Gasteiger partial charge in [0, 0.05) is 19.8 Å². The summed E-state index contributed by atoms with van der Waals surface area (Å²) in [6.07, 6.45) is 1.66. The number of halogens is 1. The lowest BCUT2D eigenvalue weighted by atomic mass is 9.97. The summed E-state index contributed by atoms with van der Waals surface area (Å²) in [6, 6.07) is 5.41. The molecule has 0 fully saturated rings. The topological polar surface area (TPSA) is 78.6 Å². The molecule has 0 atom stereocenters. The summed E-state index contributed by atoms with van der Waals surface area (Å²) in [4.78, 5) is 22.2. The third-order valence-electron chi connectivity index (χ3n) is 2.81. The molecule has 112 valence electrons. The van der Waals surface area contributed by atoms with Crippen LogP contribution in [0.3, 0.4) is 0 Å². The van der Waals surface area contributed by atoms with Gasteiger partial charge < -0.3 is 9.74 Å². The highest BCUT2D eigenvalue weighted by molar-refractivity contribution is 6.29. The molecule has 0 aliphatic heterocycles. The molecule has 1 rings (SSSR count). The largest absolute Gasteiger partial charge is 0.356 e. The highest BCUT2D eigenvalue weighted by Crippen LogP contribution is 2.15. The van der Waals surface area contributed by atoms with Crippen molar-refractivity contribution < 1.29 is 9.63 Å². The Balaban J connectivity index is 2.64. The van der Waals surface area contributed by atoms with Crippen LogP contribution in [0.5, 0.6) is 0 Å². The van der Waals surface area contributed by atoms with Crippen molar-refractivity contribution in [3.63, 3.8) is 0 Å². The third-order valence-corrected chi connectivity index (χ3v) is 3.03. The Hall–Kier alpha value is -2.13. The zero-order chi connectivity index (χ0) is 16.0. The van der Waals surface area contributed by atoms with Crippen LogP contribution in [-0.4, -0.2) is 28.7 Å². The van der Waals surface area contributed by atoms with Crippen LogP contribution in [0.2, 0.25) is 5.15 Å². The van der Waals surface area contributed by atoms with Crippen LogP contribution in [-0.2, 0) is 16.2 Å². The summed E-state index contributed by atoms with van der Waals surface area (Å²) in [6.45, 7) is 5.20. The van der Waals surface area contributed by atoms with E-state index in [4.69, 9.17) is 21.7 Å². The van der Waals surface area contributed by atoms with Crippen molar-refractivity contribution in [2.45, 2.75) is 27.3 Å². The van der Waals surface area contributed by atoms with Gasteiger partial charge in [-0.15, -0.1) is 0 Å². The van der Waals surface area contributed by atoms with E-state index in [1.165, 1.54) is 13.8 Å². The predicted molar refractivity (Wildman–Crippen MR) is 79.3 cm³/mol. The van der Waals surface area contributed by atoms with Crippen LogP contribution < -0.4 is 0 Å². The Bertz CT molecular complexity index is 576. The first kappa shape index (κ1) is 16.9. The second-order valence-corrected chi connectivity index (χ2v) is 5.49. The van der Waals surface area contributed by atoms with Crippen molar-refractivity contribution in [1.82, 2.24) is 9.88 Å². The van der Waals surface area contributed by atoms with Crippen LogP contribution >= 0.6 is 11.6 Å². The lowest BCUT2D eigenvalue weighted by Gasteiger charge is -2.18. The number of oxime groups is 1. The summed E-state index contributed by atoms with van der Waals surface area (Å²) in [5.41, 5.74) is -0.275. The second kappa shape index (κ2) is 7.04. The summed E-state index contributed by atoms with van der Waals surface area (Å²) < 4.78 is 0. The van der Waals surface area contributed by atoms with Gasteiger partial charge in [-0.2, -0.15) is 5.26 Å². The summed E-state index contributed by atoms with van der Waals surface area (Å²) in [7, 11) is 1.80. The Kier molecular flexibility index (Phi) is 5.68. The number of nitrogens with zero attached hydrogens (tertiary/aromatic N) is 4. The number of aromatic nitrogens is 1. The highest BCUT2D eigenvalue weighted by atomic mass is 35.5. The molecule has 1 heterocycles. The first-order chi connectivity index (χ1) is 9.76. The van der Waals surface area contributed by atoms with Gasteiger partial charge in [-0.25, -0.2) is 9.78 Å². The Morgan fingerprint density at radius 3 is 2.76 bits per heavy atom. The van der Waals surface area contributed by atoms with E-state index in [2.05, 4.69) is 10.1 Å². The Labute approximate surface area is 129 Å². The standard InChI is InChI=1S/C14H17ClN4O2/c1-10(18-21-13(20)14(2,3)9-16)19(4)8-11-5-6-12(15)17-7-11/h5-7H,8H2,1-4H3/b18-10+. The molecule has 0 amide bonds. The molecule has 0 N–H and O–H groups in total. The minimum absolute atomic E-state index is 0.430. The molecule has 0 saturated heterocycles. The fourth-order valence-electron chi connectivity index (χ4n) is 1.23. The number of hydrogen-bond donors (Lipinski definition) is 0. The van der Waals surface area contributed by atoms with Crippen LogP contribution in [0, 0.1) is 16.7 Å². The van der Waals surface area contributed by atoms with Crippen molar-refractivity contribution in [3.8, 4) is 6.07 Å². The van der Waals surface area contributed by atoms with Gasteiger partial charge in [-0.05, 0) is 32.4 Å². The van der Waals surface area contributed by atoms with E-state index < -0.39 is 11.4 Å². The van der Waals surface area contributed by atoms with E-state index in [9.17, 15) is 4.79 Å². The number of hydrogen-bond acceptors (Lipinski definition) is 5. The molecule has 0 aliphatic carbocycles. The maximum absolute atomic E-state index is 11.6. The first-order valence-corrected chi connectivity index (χ1v) is 6.63. The normalized spacial score (nSPS) is 11.7. The first-order valence-electron chi connectivity index (χ1n) is 6.25. The van der Waals surface area contributed by atoms with E-state index >= 15 is 0 Å². The van der Waals surface area contributed by atoms with Gasteiger partial charge in [0.15, 0.2) is 5.41 Å². The minimum Gasteiger partial charge on any atom is -0.356 e. The van der Waals surface area contributed by atoms with Crippen molar-refractivity contribution in [2.24, 2.45) is 10.6 Å². The average Bonchev–Trinajstić information content (AvgIpc) is 2.46. The second-order valence-electron chi connectivity index (χ2n) is 5.10. The van der Waals surface area contributed by atoms with Gasteiger partial charge in [0.25, 0.3) is 0 Å². The molecule has 0 bridgehead atoms. The number of pyridine rings is 1. The molecule has 0 spiro atoms. The molecule has 0 aliphatic rings. The summed E-state index contributed by atoms with van der Waals surface area (Å²) in [5.74, 6) is -0.182. The van der Waals surface area contributed by atoms with Gasteiger partial charge in [0.05, 0.1) is 6.07 Å². The Morgan fingerprint density at radius 2 is 2.24 bits per heavy atom. The molecular formula is C14H17ClN4O2. The van der Waals surface area contributed by atoms with E-state index in [1.807, 2.05) is 12.1 Å². The van der Waals surface area contributed by atoms with E-state index in [1.54, 1.807) is 31.1 Å². The maximum Gasteiger partial charge on any atom is 0.354 e. The molecule has 0 saturated carbocycles. The van der Waals surface area contributed by atoms with Crippen molar-refractivity contribution in [2.75, 3.05) is 7.05 Å². The average molecular weight is 309 g/mol. The zero-order valence-corrected chi connectivity index (χ0v) is 13.2. The molecule has 0 aromatic carbocycles. The quantitative estimate of drug-likeness (QED) is 0.281. The number of nitriles is 1. The van der Waals surface area contributed by atoms with Gasteiger partial charge in [-0.3, -0.25) is 0 Å². The van der Waals surface area contributed by atoms with Crippen LogP contribution in [0.25, 0.3) is 0 Å². The predicted octanol–water partition coefficient (Wildman–Crippen LogP) is 2.59. The SMILES string of the molecule is C/C(=N\OC(=O)C(C)(C)C#N)N(C)Cc1ccc(Cl)nc1. The monoisotopic (exact) mass is 308 g/mol. The van der Waals surface area contributed by atoms with Crippen molar-refractivity contribution >= 4 is 23.4 Å². The minimum atomic E-state index is -1.22. The fraction of sp³-hybridized carbons (Fsp3) is 0.429. The molecule has 6 nitrogen and oxygen atoms in total. The number of carbonyl (C=O) groups excluding carboxylic acids is 1. The van der Waals surface area contributed by atoms with E-state index in [0.29, 0.717) is 17.5 Å². The van der Waals surface area contributed by atoms with Gasteiger partial charge in [0.2, 0.25) is 0 Å². The van der Waals surface area contributed by atoms with Crippen LogP contribution in [0.15, 0.2) is 23.5 Å². The van der Waals surface area contributed by atoms with Crippen LogP contribution in [0.1, 0.15) is 26.3 Å². The smallest absolute Gasteiger partial charge is 0.354 e. The Morgan fingerprint density at radius 1 is 1.57 bits per heavy atom. The summed E-state index contributed by atoms with van der Waals surface area (Å²) in [5, 5.41) is 13.0. The fourth-order valence-corrected chi connectivity index (χ4v) is 1.34. The molecule has 0 radical (unpaired) electrons. The molecule has 1 aromatic heterocycles. The summed E-state index contributed by atoms with van der Waals surface area (Å²) >= 11 is 5.72. The van der Waals surface area contributed by atoms with Crippen molar-refractivity contribution in [3.05, 3.63) is 29.0 Å². The lowest BCUT2D eigenvalue weighted by Crippen LogP contribution is -2.27. The van der Waals surface area contributed by atoms with Crippen LogP contribution in [0.4, 0.5) is 0 Å². The molecule has 1 aromatic rings. The number of carbonyl (C=O) groups is 1. The molecular weight excluding hydrogens is 292 g/mol. The third kappa shape index (κ3) is 5.04. The van der Waals surface area contributed by atoms with Crippen molar-refractivity contribution in [1.29, 1.82) is 5.26 Å². The number of rotatable bonds is 4. The molecule has 21 heavy (non-hydrogen) atoms. The number of amidine groups is 1. The van der Waals surface area contributed by atoms with Gasteiger partial charge >= 0.3 is 5.97 Å².